The number of hydrogen-bond donors (Lipinski definition) is 2. The van der Waals surface area contributed by atoms with Crippen molar-refractivity contribution in [3.05, 3.63) is 101 Å². The van der Waals surface area contributed by atoms with E-state index in [0.29, 0.717) is 5.69 Å². The van der Waals surface area contributed by atoms with Crippen molar-refractivity contribution in [1.82, 2.24) is 5.32 Å². The van der Waals surface area contributed by atoms with E-state index in [4.69, 9.17) is 0 Å². The van der Waals surface area contributed by atoms with Crippen LogP contribution in [0.5, 0.6) is 0 Å². The maximum Gasteiger partial charge on any atom is 0.238 e. The molecule has 0 saturated carbocycles. The summed E-state index contributed by atoms with van der Waals surface area (Å²) in [5.41, 5.74) is 3.79. The fourth-order valence-corrected chi connectivity index (χ4v) is 2.80. The number of halogens is 1. The van der Waals surface area contributed by atoms with E-state index in [-0.39, 0.29) is 24.3 Å². The van der Waals surface area contributed by atoms with Crippen molar-refractivity contribution in [2.45, 2.75) is 13.0 Å². The highest BCUT2D eigenvalue weighted by Gasteiger charge is 2.15. The highest BCUT2D eigenvalue weighted by molar-refractivity contribution is 5.92. The molecule has 0 fully saturated rings. The predicted octanol–water partition coefficient (Wildman–Crippen LogP) is 4.45. The van der Waals surface area contributed by atoms with E-state index in [2.05, 4.69) is 34.9 Å². The Labute approximate surface area is 152 Å². The number of aryl methyl sites for hydroxylation is 1. The first-order valence-electron chi connectivity index (χ1n) is 8.52. The van der Waals surface area contributed by atoms with Gasteiger partial charge in [-0.15, -0.1) is 0 Å². The van der Waals surface area contributed by atoms with Gasteiger partial charge in [0.05, 0.1) is 12.6 Å². The van der Waals surface area contributed by atoms with Crippen LogP contribution < -0.4 is 10.6 Å². The molecule has 0 radical (unpaired) electrons. The highest BCUT2D eigenvalue weighted by atomic mass is 19.1. The molecule has 1 amide bonds. The summed E-state index contributed by atoms with van der Waals surface area (Å²) in [6, 6.07) is 24.0. The number of rotatable bonds is 6. The molecule has 1 atom stereocenters. The van der Waals surface area contributed by atoms with Gasteiger partial charge in [0.2, 0.25) is 5.91 Å². The van der Waals surface area contributed by atoms with Crippen LogP contribution in [-0.2, 0) is 4.79 Å². The molecule has 26 heavy (non-hydrogen) atoms. The van der Waals surface area contributed by atoms with Crippen molar-refractivity contribution in [3.63, 3.8) is 0 Å². The minimum absolute atomic E-state index is 0.102. The molecule has 3 aromatic carbocycles. The quantitative estimate of drug-likeness (QED) is 0.691. The molecule has 0 aliphatic heterocycles. The molecule has 4 heteroatoms. The van der Waals surface area contributed by atoms with Crippen molar-refractivity contribution in [2.24, 2.45) is 0 Å². The third kappa shape index (κ3) is 4.77. The minimum atomic E-state index is -0.377. The number of anilines is 1. The summed E-state index contributed by atoms with van der Waals surface area (Å²) in [6.07, 6.45) is 0. The third-order valence-electron chi connectivity index (χ3n) is 4.12. The van der Waals surface area contributed by atoms with Crippen LogP contribution >= 0.6 is 0 Å². The fourth-order valence-electron chi connectivity index (χ4n) is 2.80. The van der Waals surface area contributed by atoms with Crippen molar-refractivity contribution in [2.75, 3.05) is 11.9 Å². The predicted molar refractivity (Wildman–Crippen MR) is 102 cm³/mol. The molecular weight excluding hydrogens is 327 g/mol. The monoisotopic (exact) mass is 348 g/mol. The first-order valence-corrected chi connectivity index (χ1v) is 8.52. The second-order valence-corrected chi connectivity index (χ2v) is 6.19. The standard InChI is InChI=1S/C22H21FN2O/c1-16-10-12-18(13-11-16)22(17-6-3-2-4-7-17)24-15-21(26)25-20-9-5-8-19(23)14-20/h2-14,22,24H,15H2,1H3,(H,25,26)/t22-/m1/s1. The molecule has 0 aliphatic carbocycles. The van der Waals surface area contributed by atoms with Crippen molar-refractivity contribution < 1.29 is 9.18 Å². The Kier molecular flexibility index (Phi) is 5.77. The van der Waals surface area contributed by atoms with Gasteiger partial charge >= 0.3 is 0 Å². The topological polar surface area (TPSA) is 41.1 Å². The van der Waals surface area contributed by atoms with Gasteiger partial charge in [-0.1, -0.05) is 66.2 Å². The summed E-state index contributed by atoms with van der Waals surface area (Å²) in [7, 11) is 0. The van der Waals surface area contributed by atoms with Crippen LogP contribution in [0.1, 0.15) is 22.7 Å². The first-order chi connectivity index (χ1) is 12.6. The Morgan fingerprint density at radius 1 is 0.923 bits per heavy atom. The lowest BCUT2D eigenvalue weighted by Gasteiger charge is -2.20. The van der Waals surface area contributed by atoms with Crippen LogP contribution in [0, 0.1) is 12.7 Å². The van der Waals surface area contributed by atoms with Gasteiger partial charge in [-0.2, -0.15) is 0 Å². The smallest absolute Gasteiger partial charge is 0.238 e. The van der Waals surface area contributed by atoms with Gasteiger partial charge < -0.3 is 5.32 Å². The molecular formula is C22H21FN2O. The first kappa shape index (κ1) is 17.8. The summed E-state index contributed by atoms with van der Waals surface area (Å²) in [6.45, 7) is 2.16. The van der Waals surface area contributed by atoms with Gasteiger partial charge in [-0.25, -0.2) is 4.39 Å². The van der Waals surface area contributed by atoms with Gasteiger partial charge in [0.1, 0.15) is 5.82 Å². The number of amides is 1. The second-order valence-electron chi connectivity index (χ2n) is 6.19. The molecule has 0 spiro atoms. The molecule has 0 saturated heterocycles. The highest BCUT2D eigenvalue weighted by Crippen LogP contribution is 2.22. The van der Waals surface area contributed by atoms with Crippen molar-refractivity contribution >= 4 is 11.6 Å². The maximum absolute atomic E-state index is 13.2. The summed E-state index contributed by atoms with van der Waals surface area (Å²) in [5.74, 6) is -0.596. The molecule has 3 aromatic rings. The van der Waals surface area contributed by atoms with E-state index >= 15 is 0 Å². The summed E-state index contributed by atoms with van der Waals surface area (Å²) in [4.78, 5) is 12.2. The summed E-state index contributed by atoms with van der Waals surface area (Å²) in [5, 5.41) is 6.01. The molecule has 0 unspecified atom stereocenters. The Hall–Kier alpha value is -2.98. The minimum Gasteiger partial charge on any atom is -0.325 e. The average molecular weight is 348 g/mol. The zero-order chi connectivity index (χ0) is 18.4. The number of nitrogens with one attached hydrogen (secondary N) is 2. The lowest BCUT2D eigenvalue weighted by molar-refractivity contribution is -0.115. The van der Waals surface area contributed by atoms with Gasteiger partial charge in [0.25, 0.3) is 0 Å². The molecule has 3 nitrogen and oxygen atoms in total. The Morgan fingerprint density at radius 2 is 1.62 bits per heavy atom. The third-order valence-corrected chi connectivity index (χ3v) is 4.12. The number of hydrogen-bond acceptors (Lipinski definition) is 2. The second kappa shape index (κ2) is 8.41. The van der Waals surface area contributed by atoms with E-state index < -0.39 is 0 Å². The molecule has 3 rings (SSSR count). The Balaban J connectivity index is 1.72. The Morgan fingerprint density at radius 3 is 2.31 bits per heavy atom. The fraction of sp³-hybridized carbons (Fsp3) is 0.136. The summed E-state index contributed by atoms with van der Waals surface area (Å²) >= 11 is 0. The molecule has 0 bridgehead atoms. The van der Waals surface area contributed by atoms with Gasteiger partial charge in [-0.05, 0) is 36.2 Å². The van der Waals surface area contributed by atoms with E-state index in [0.717, 1.165) is 11.1 Å². The van der Waals surface area contributed by atoms with E-state index in [1.165, 1.54) is 17.7 Å². The van der Waals surface area contributed by atoms with Crippen LogP contribution in [-0.4, -0.2) is 12.5 Å². The largest absolute Gasteiger partial charge is 0.325 e. The van der Waals surface area contributed by atoms with Crippen LogP contribution in [0.4, 0.5) is 10.1 Å². The molecule has 0 aliphatic rings. The van der Waals surface area contributed by atoms with E-state index in [9.17, 15) is 9.18 Å². The number of carbonyl (C=O) groups is 1. The van der Waals surface area contributed by atoms with Crippen molar-refractivity contribution in [1.29, 1.82) is 0 Å². The molecule has 0 heterocycles. The molecule has 132 valence electrons. The van der Waals surface area contributed by atoms with Gasteiger partial charge in [0.15, 0.2) is 0 Å². The lowest BCUT2D eigenvalue weighted by atomic mass is 9.98. The molecule has 0 aromatic heterocycles. The zero-order valence-corrected chi connectivity index (χ0v) is 14.6. The van der Waals surface area contributed by atoms with Crippen LogP contribution in [0.25, 0.3) is 0 Å². The van der Waals surface area contributed by atoms with Gasteiger partial charge in [0, 0.05) is 5.69 Å². The van der Waals surface area contributed by atoms with Crippen molar-refractivity contribution in [3.8, 4) is 0 Å². The van der Waals surface area contributed by atoms with Crippen LogP contribution in [0.15, 0.2) is 78.9 Å². The summed E-state index contributed by atoms with van der Waals surface area (Å²) < 4.78 is 13.2. The Bertz CT molecular complexity index is 863. The zero-order valence-electron chi connectivity index (χ0n) is 14.6. The average Bonchev–Trinajstić information content (AvgIpc) is 2.64. The normalized spacial score (nSPS) is 11.8. The van der Waals surface area contributed by atoms with Gasteiger partial charge in [-0.3, -0.25) is 10.1 Å². The SMILES string of the molecule is Cc1ccc([C@H](NCC(=O)Nc2cccc(F)c2)c2ccccc2)cc1. The van der Waals surface area contributed by atoms with Crippen LogP contribution in [0.3, 0.4) is 0 Å². The molecule has 2 N–H and O–H groups in total. The number of benzene rings is 3. The van der Waals surface area contributed by atoms with E-state index in [1.807, 2.05) is 37.3 Å². The van der Waals surface area contributed by atoms with E-state index in [1.54, 1.807) is 12.1 Å². The van der Waals surface area contributed by atoms with Crippen LogP contribution in [0.2, 0.25) is 0 Å². The number of carbonyl (C=O) groups excluding carboxylic acids is 1. The lowest BCUT2D eigenvalue weighted by Crippen LogP contribution is -2.31. The maximum atomic E-state index is 13.2.